The van der Waals surface area contributed by atoms with Crippen LogP contribution in [0.1, 0.15) is 58.8 Å². The minimum absolute atomic E-state index is 0.128. The molecule has 0 aromatic rings. The number of esters is 1. The van der Waals surface area contributed by atoms with Crippen molar-refractivity contribution in [2.75, 3.05) is 39.6 Å². The predicted molar refractivity (Wildman–Crippen MR) is 249 cm³/mol. The second kappa shape index (κ2) is 23.3. The van der Waals surface area contributed by atoms with Crippen LogP contribution in [0.5, 0.6) is 0 Å². The number of hydrogen-bond donors (Lipinski definition) is 17. The van der Waals surface area contributed by atoms with E-state index in [0.29, 0.717) is 31.3 Å². The molecule has 3 aliphatic carbocycles. The summed E-state index contributed by atoms with van der Waals surface area (Å²) in [5, 5.41) is 181. The van der Waals surface area contributed by atoms with Gasteiger partial charge < -0.3 is 139 Å². The van der Waals surface area contributed by atoms with Gasteiger partial charge in [0, 0.05) is 12.5 Å². The van der Waals surface area contributed by atoms with Crippen LogP contribution < -0.4 is 0 Å². The molecule has 1 spiro atoms. The van der Waals surface area contributed by atoms with Crippen LogP contribution in [0.4, 0.5) is 0 Å². The maximum Gasteiger partial charge on any atom is 0.314 e. The van der Waals surface area contributed by atoms with Crippen LogP contribution in [-0.4, -0.2) is 297 Å². The summed E-state index contributed by atoms with van der Waals surface area (Å²) in [5.41, 5.74) is -3.47. The first-order valence-corrected chi connectivity index (χ1v) is 26.5. The molecule has 2 bridgehead atoms. The number of ether oxygens (including phenoxy) is 11. The Kier molecular flexibility index (Phi) is 18.1. The highest BCUT2D eigenvalue weighted by Crippen LogP contribution is 2.71. The van der Waals surface area contributed by atoms with Crippen LogP contribution in [0.3, 0.4) is 0 Å². The lowest BCUT2D eigenvalue weighted by Crippen LogP contribution is -2.69. The van der Waals surface area contributed by atoms with E-state index in [4.69, 9.17) is 52.1 Å². The Morgan fingerprint density at radius 3 is 1.47 bits per heavy atom. The third-order valence-corrected chi connectivity index (χ3v) is 18.6. The van der Waals surface area contributed by atoms with Crippen LogP contribution in [-0.2, 0) is 56.9 Å². The molecule has 0 radical (unpaired) electrons. The van der Waals surface area contributed by atoms with Crippen molar-refractivity contribution >= 4 is 5.97 Å². The molecule has 0 aromatic heterocycles. The number of fused-ring (bicyclic) bond motifs is 3. The molecule has 26 unspecified atom stereocenters. The average Bonchev–Trinajstić information content (AvgIpc) is 3.80. The van der Waals surface area contributed by atoms with E-state index in [2.05, 4.69) is 6.58 Å². The highest BCUT2D eigenvalue weighted by atomic mass is 16.8. The van der Waals surface area contributed by atoms with Crippen molar-refractivity contribution in [3.05, 3.63) is 12.2 Å². The van der Waals surface area contributed by atoms with Crippen molar-refractivity contribution in [3.63, 3.8) is 0 Å². The fourth-order valence-electron chi connectivity index (χ4n) is 14.2. The summed E-state index contributed by atoms with van der Waals surface area (Å²) in [6, 6.07) is 0. The van der Waals surface area contributed by atoms with E-state index < -0.39 is 220 Å². The van der Waals surface area contributed by atoms with Gasteiger partial charge in [-0.2, -0.15) is 0 Å². The minimum Gasteiger partial charge on any atom is -0.432 e. The maximum atomic E-state index is 14.3. The fourth-order valence-corrected chi connectivity index (χ4v) is 14.2. The lowest BCUT2D eigenvalue weighted by atomic mass is 9.47. The molecule has 6 aliphatic heterocycles. The van der Waals surface area contributed by atoms with E-state index in [1.165, 1.54) is 0 Å². The number of carbonyl (C=O) groups is 1. The van der Waals surface area contributed by atoms with Crippen LogP contribution in [0.15, 0.2) is 12.2 Å². The molecule has 9 aliphatic rings. The monoisotopic (exact) mass is 1130 g/mol. The van der Waals surface area contributed by atoms with Gasteiger partial charge >= 0.3 is 5.97 Å². The smallest absolute Gasteiger partial charge is 0.314 e. The summed E-state index contributed by atoms with van der Waals surface area (Å²) in [6.07, 6.45) is -42.8. The van der Waals surface area contributed by atoms with Gasteiger partial charge in [0.05, 0.1) is 49.7 Å². The van der Waals surface area contributed by atoms with Gasteiger partial charge in [0.25, 0.3) is 0 Å². The SMILES string of the molecule is C=C1C[C@@]23CC[C@@H]4C(C)(C(=O)OC5OC(CO)C(O)C(O)C5O)CCO[C@@]4(C)[C@@H]2CC[C@]1(OC1OC(CO)C(O)C(OC2OC(CO)C(OC4OC(CO)C(O)C(O)C4O)C(O)C2O)C1OC1OC(CO)C(O)C(O)C1O)C3. The first-order valence-electron chi connectivity index (χ1n) is 26.5. The standard InChI is InChI=1S/C49H78O29/c1-17-10-48-6-4-23-46(2,45(67)77-43-35(65)31(61)27(57)20(13-52)71-43)8-9-68-47(23,3)24(48)5-7-49(17,16-48)78-44-39(76-41-34(64)30(60)26(56)19(12-51)70-41)38(28(58)21(14-53)72-44)75-42-36(66)32(62)37(22(15-54)73-42)74-40-33(63)29(59)25(55)18(11-50)69-40/h18-44,50-66H,1,4-16H2,2-3H3/t18?,19?,20?,21?,22?,23-,24+,25?,26?,27?,28?,29?,30?,31?,32?,33?,34?,35?,36?,37?,38?,39?,40?,41?,42?,43?,44?,46?,47-,48-,49+/m1/s1. The molecule has 6 saturated heterocycles. The van der Waals surface area contributed by atoms with E-state index in [0.717, 1.165) is 0 Å². The molecule has 31 atom stereocenters. The number of carbonyl (C=O) groups excluding carboxylic acids is 1. The molecule has 78 heavy (non-hydrogen) atoms. The van der Waals surface area contributed by atoms with Crippen molar-refractivity contribution in [2.45, 2.75) is 224 Å². The van der Waals surface area contributed by atoms with Gasteiger partial charge in [0.1, 0.15) is 122 Å². The summed E-state index contributed by atoms with van der Waals surface area (Å²) in [6.45, 7) is 3.98. The summed E-state index contributed by atoms with van der Waals surface area (Å²) < 4.78 is 66.5. The topological polar surface area (TPSA) is 463 Å². The van der Waals surface area contributed by atoms with Gasteiger partial charge in [-0.1, -0.05) is 6.58 Å². The Balaban J connectivity index is 0.975. The molecule has 0 amide bonds. The number of hydrogen-bond acceptors (Lipinski definition) is 29. The Hall–Kier alpha value is -1.87. The molecule has 3 saturated carbocycles. The molecule has 6 heterocycles. The van der Waals surface area contributed by atoms with Gasteiger partial charge in [0.15, 0.2) is 25.2 Å². The summed E-state index contributed by atoms with van der Waals surface area (Å²) in [5.74, 6) is -1.45. The van der Waals surface area contributed by atoms with Gasteiger partial charge in [-0.15, -0.1) is 0 Å². The first kappa shape index (κ1) is 60.7. The lowest BCUT2D eigenvalue weighted by molar-refractivity contribution is -0.405. The van der Waals surface area contributed by atoms with Gasteiger partial charge in [0.2, 0.25) is 6.29 Å². The number of aliphatic hydroxyl groups is 17. The quantitative estimate of drug-likeness (QED) is 0.0411. The van der Waals surface area contributed by atoms with Crippen molar-refractivity contribution < 1.29 is 144 Å². The molecular formula is C49H78O29. The van der Waals surface area contributed by atoms with Gasteiger partial charge in [-0.3, -0.25) is 4.79 Å². The van der Waals surface area contributed by atoms with E-state index in [1.807, 2.05) is 6.92 Å². The lowest BCUT2D eigenvalue weighted by Gasteiger charge is -2.63. The summed E-state index contributed by atoms with van der Waals surface area (Å²) in [7, 11) is 0. The average molecular weight is 1130 g/mol. The predicted octanol–water partition coefficient (Wildman–Crippen LogP) is -8.30. The Morgan fingerprint density at radius 2 is 0.936 bits per heavy atom. The molecule has 17 N–H and O–H groups in total. The zero-order chi connectivity index (χ0) is 56.7. The van der Waals surface area contributed by atoms with Crippen molar-refractivity contribution in [2.24, 2.45) is 22.7 Å². The molecule has 29 nitrogen and oxygen atoms in total. The van der Waals surface area contributed by atoms with Crippen LogP contribution in [0.2, 0.25) is 0 Å². The fraction of sp³-hybridized carbons (Fsp3) is 0.939. The molecular weight excluding hydrogens is 1050 g/mol. The van der Waals surface area contributed by atoms with Crippen LogP contribution in [0, 0.1) is 22.7 Å². The van der Waals surface area contributed by atoms with Gasteiger partial charge in [-0.05, 0) is 75.7 Å². The van der Waals surface area contributed by atoms with Gasteiger partial charge in [-0.25, -0.2) is 0 Å². The zero-order valence-electron chi connectivity index (χ0n) is 43.0. The molecule has 29 heteroatoms. The summed E-state index contributed by atoms with van der Waals surface area (Å²) >= 11 is 0. The van der Waals surface area contributed by atoms with E-state index in [-0.39, 0.29) is 31.8 Å². The summed E-state index contributed by atoms with van der Waals surface area (Å²) in [4.78, 5) is 14.3. The van der Waals surface area contributed by atoms with E-state index in [9.17, 15) is 91.6 Å². The number of aliphatic hydroxyl groups excluding tert-OH is 17. The second-order valence-corrected chi connectivity index (χ2v) is 23.0. The number of rotatable bonds is 15. The highest BCUT2D eigenvalue weighted by molar-refractivity contribution is 5.77. The van der Waals surface area contributed by atoms with Crippen LogP contribution in [0.25, 0.3) is 0 Å². The normalized spacial score (nSPS) is 54.5. The molecule has 0 aromatic carbocycles. The Labute approximate surface area is 446 Å². The second-order valence-electron chi connectivity index (χ2n) is 23.0. The van der Waals surface area contributed by atoms with Crippen molar-refractivity contribution in [3.8, 4) is 0 Å². The highest BCUT2D eigenvalue weighted by Gasteiger charge is 2.71. The van der Waals surface area contributed by atoms with E-state index >= 15 is 0 Å². The molecule has 9 fully saturated rings. The maximum absolute atomic E-state index is 14.3. The zero-order valence-corrected chi connectivity index (χ0v) is 43.0. The minimum atomic E-state index is -2.16. The Bertz CT molecular complexity index is 2070. The molecule has 448 valence electrons. The van der Waals surface area contributed by atoms with E-state index in [1.54, 1.807) is 6.92 Å². The molecule has 9 rings (SSSR count). The Morgan fingerprint density at radius 1 is 0.500 bits per heavy atom. The first-order chi connectivity index (χ1) is 36.9. The largest absolute Gasteiger partial charge is 0.432 e. The van der Waals surface area contributed by atoms with Crippen molar-refractivity contribution in [1.82, 2.24) is 0 Å². The third kappa shape index (κ3) is 10.3. The van der Waals surface area contributed by atoms with Crippen LogP contribution >= 0.6 is 0 Å². The van der Waals surface area contributed by atoms with Crippen molar-refractivity contribution in [1.29, 1.82) is 0 Å². The third-order valence-electron chi connectivity index (χ3n) is 18.6.